The van der Waals surface area contributed by atoms with Crippen LogP contribution in [0.4, 0.5) is 0 Å². The van der Waals surface area contributed by atoms with Crippen LogP contribution in [0.2, 0.25) is 0 Å². The Morgan fingerprint density at radius 3 is 2.55 bits per heavy atom. The van der Waals surface area contributed by atoms with E-state index in [1.807, 2.05) is 4.68 Å². The van der Waals surface area contributed by atoms with Crippen molar-refractivity contribution < 1.29 is 4.90 Å². The second-order valence-corrected chi connectivity index (χ2v) is 10.2. The summed E-state index contributed by atoms with van der Waals surface area (Å²) in [5.74, 6) is 0.886. The molecular weight excluding hydrogens is 388 g/mol. The molecule has 2 heterocycles. The normalized spacial score (nSPS) is 16.7. The quantitative estimate of drug-likeness (QED) is 0.661. The number of aromatic amines is 1. The molecule has 2 aromatic heterocycles. The van der Waals surface area contributed by atoms with E-state index in [1.54, 1.807) is 0 Å². The summed E-state index contributed by atoms with van der Waals surface area (Å²) in [5, 5.41) is 13.7. The Bertz CT molecular complexity index is 1120. The molecular formula is C24H35N6O+. The molecule has 4 rings (SSSR count). The van der Waals surface area contributed by atoms with Crippen LogP contribution in [0, 0.1) is 13.8 Å². The monoisotopic (exact) mass is 423 g/mol. The van der Waals surface area contributed by atoms with Crippen LogP contribution in [0.5, 0.6) is 0 Å². The summed E-state index contributed by atoms with van der Waals surface area (Å²) in [4.78, 5) is 17.5. The third-order valence-corrected chi connectivity index (χ3v) is 6.54. The van der Waals surface area contributed by atoms with E-state index in [9.17, 15) is 4.79 Å². The van der Waals surface area contributed by atoms with Gasteiger partial charge in [0.1, 0.15) is 13.1 Å². The van der Waals surface area contributed by atoms with Crippen molar-refractivity contribution in [2.24, 2.45) is 0 Å². The van der Waals surface area contributed by atoms with Crippen molar-refractivity contribution >= 4 is 10.9 Å². The lowest BCUT2D eigenvalue weighted by atomic mass is 9.93. The number of rotatable bonds is 5. The van der Waals surface area contributed by atoms with Gasteiger partial charge < -0.3 is 9.88 Å². The highest BCUT2D eigenvalue weighted by atomic mass is 16.1. The van der Waals surface area contributed by atoms with Crippen LogP contribution in [0.15, 0.2) is 23.0 Å². The number of H-pyrrole nitrogens is 1. The smallest absolute Gasteiger partial charge is 0.257 e. The largest absolute Gasteiger partial charge is 0.322 e. The van der Waals surface area contributed by atoms with E-state index < -0.39 is 0 Å². The average Bonchev–Trinajstić information content (AvgIpc) is 3.18. The summed E-state index contributed by atoms with van der Waals surface area (Å²) < 4.78 is 1.92. The first kappa shape index (κ1) is 21.7. The Balaban J connectivity index is 1.69. The molecule has 1 atom stereocenters. The van der Waals surface area contributed by atoms with Gasteiger partial charge in [0.05, 0.1) is 17.1 Å². The zero-order chi connectivity index (χ0) is 22.2. The molecule has 1 aromatic carbocycles. The maximum Gasteiger partial charge on any atom is 0.257 e. The van der Waals surface area contributed by atoms with Gasteiger partial charge in [-0.05, 0) is 94.0 Å². The third kappa shape index (κ3) is 4.71. The minimum absolute atomic E-state index is 0.0150. The number of tetrazole rings is 1. The molecule has 0 amide bonds. The maximum atomic E-state index is 13.0. The fourth-order valence-corrected chi connectivity index (χ4v) is 4.99. The maximum absolute atomic E-state index is 13.0. The Morgan fingerprint density at radius 1 is 1.10 bits per heavy atom. The molecule has 3 aromatic rings. The Hall–Kier alpha value is -2.54. The first-order valence-electron chi connectivity index (χ1n) is 11.5. The van der Waals surface area contributed by atoms with Crippen LogP contribution >= 0.6 is 0 Å². The van der Waals surface area contributed by atoms with Gasteiger partial charge in [0.25, 0.3) is 5.56 Å². The van der Waals surface area contributed by atoms with Crippen molar-refractivity contribution in [3.05, 3.63) is 51.1 Å². The summed E-state index contributed by atoms with van der Waals surface area (Å²) in [5.41, 5.74) is 3.96. The fourth-order valence-electron chi connectivity index (χ4n) is 4.99. The molecule has 2 N–H and O–H groups in total. The van der Waals surface area contributed by atoms with E-state index in [-0.39, 0.29) is 11.1 Å². The Kier molecular flexibility index (Phi) is 5.97. The number of aryl methyl sites for hydroxylation is 2. The summed E-state index contributed by atoms with van der Waals surface area (Å²) in [7, 11) is 0. The summed E-state index contributed by atoms with van der Waals surface area (Å²) in [6.45, 7) is 11.9. The summed E-state index contributed by atoms with van der Waals surface area (Å²) in [6, 6.07) is 6.84. The lowest BCUT2D eigenvalue weighted by Crippen LogP contribution is -3.13. The van der Waals surface area contributed by atoms with Gasteiger partial charge in [-0.15, -0.1) is 5.10 Å². The first-order valence-corrected chi connectivity index (χ1v) is 11.5. The van der Waals surface area contributed by atoms with Crippen molar-refractivity contribution in [1.29, 1.82) is 0 Å². The lowest BCUT2D eigenvalue weighted by molar-refractivity contribution is -0.954. The van der Waals surface area contributed by atoms with Crippen LogP contribution in [0.25, 0.3) is 10.9 Å². The number of aromatic nitrogens is 5. The van der Waals surface area contributed by atoms with E-state index >= 15 is 0 Å². The molecule has 7 nitrogen and oxygen atoms in total. The highest BCUT2D eigenvalue weighted by Gasteiger charge is 2.29. The van der Waals surface area contributed by atoms with Crippen molar-refractivity contribution in [2.75, 3.05) is 0 Å². The minimum Gasteiger partial charge on any atom is -0.322 e. The van der Waals surface area contributed by atoms with Gasteiger partial charge >= 0.3 is 0 Å². The highest BCUT2D eigenvalue weighted by Crippen LogP contribution is 2.20. The summed E-state index contributed by atoms with van der Waals surface area (Å²) in [6.07, 6.45) is 6.19. The zero-order valence-electron chi connectivity index (χ0n) is 19.5. The minimum atomic E-state index is -0.175. The van der Waals surface area contributed by atoms with Crippen LogP contribution in [0.3, 0.4) is 0 Å². The molecule has 1 aliphatic carbocycles. The van der Waals surface area contributed by atoms with E-state index in [2.05, 4.69) is 73.3 Å². The number of hydrogen-bond acceptors (Lipinski definition) is 4. The molecule has 1 unspecified atom stereocenters. The van der Waals surface area contributed by atoms with Crippen LogP contribution in [-0.4, -0.2) is 31.2 Å². The second kappa shape index (κ2) is 8.54. The number of pyridine rings is 1. The Morgan fingerprint density at radius 2 is 1.84 bits per heavy atom. The van der Waals surface area contributed by atoms with E-state index in [4.69, 9.17) is 0 Å². The lowest BCUT2D eigenvalue weighted by Gasteiger charge is -2.31. The molecule has 0 spiro atoms. The molecule has 1 saturated carbocycles. The van der Waals surface area contributed by atoms with Crippen LogP contribution in [-0.2, 0) is 18.6 Å². The van der Waals surface area contributed by atoms with E-state index in [0.29, 0.717) is 12.6 Å². The van der Waals surface area contributed by atoms with Crippen molar-refractivity contribution in [1.82, 2.24) is 25.2 Å². The molecule has 0 aliphatic heterocycles. The number of benzene rings is 1. The topological polar surface area (TPSA) is 80.9 Å². The molecule has 0 bridgehead atoms. The standard InChI is InChI=1S/C24H34N6O/c1-16-11-17(2)20-13-18(23(31)25-21(20)12-16)14-29(19-9-7-6-8-10-19)15-22-26-27-28-30(22)24(3,4)5/h11-13,19H,6-10,14-15H2,1-5H3,(H,25,31)/p+1. The number of hydrogen-bond donors (Lipinski definition) is 2. The number of fused-ring (bicyclic) bond motifs is 1. The first-order chi connectivity index (χ1) is 14.7. The van der Waals surface area contributed by atoms with Gasteiger partial charge in [0.15, 0.2) is 0 Å². The van der Waals surface area contributed by atoms with Crippen LogP contribution in [0.1, 0.15) is 75.4 Å². The van der Waals surface area contributed by atoms with Gasteiger partial charge in [-0.1, -0.05) is 12.5 Å². The predicted molar refractivity (Wildman–Crippen MR) is 122 cm³/mol. The Labute approximate surface area is 183 Å². The van der Waals surface area contributed by atoms with Crippen molar-refractivity contribution in [3.8, 4) is 0 Å². The van der Waals surface area contributed by atoms with Crippen LogP contribution < -0.4 is 10.5 Å². The summed E-state index contributed by atoms with van der Waals surface area (Å²) >= 11 is 0. The second-order valence-electron chi connectivity index (χ2n) is 10.2. The van der Waals surface area contributed by atoms with E-state index in [0.717, 1.165) is 34.4 Å². The van der Waals surface area contributed by atoms with Gasteiger partial charge in [-0.2, -0.15) is 0 Å². The number of nitrogens with one attached hydrogen (secondary N) is 2. The molecule has 0 saturated heterocycles. The van der Waals surface area contributed by atoms with Gasteiger partial charge in [-0.3, -0.25) is 4.79 Å². The van der Waals surface area contributed by atoms with Gasteiger partial charge in [0.2, 0.25) is 5.82 Å². The highest BCUT2D eigenvalue weighted by molar-refractivity contribution is 5.83. The van der Waals surface area contributed by atoms with E-state index in [1.165, 1.54) is 42.6 Å². The molecule has 0 radical (unpaired) electrons. The van der Waals surface area contributed by atoms with Gasteiger partial charge in [-0.25, -0.2) is 4.68 Å². The third-order valence-electron chi connectivity index (χ3n) is 6.54. The molecule has 166 valence electrons. The van der Waals surface area contributed by atoms with Gasteiger partial charge in [0, 0.05) is 10.9 Å². The van der Waals surface area contributed by atoms with Crippen molar-refractivity contribution in [2.45, 2.75) is 91.4 Å². The SMILES string of the molecule is Cc1cc(C)c2cc(C[NH+](Cc3nnnn3C(C)(C)C)C3CCCCC3)c(=O)[nH]c2c1. The molecule has 7 heteroatoms. The fraction of sp³-hybridized carbons (Fsp3) is 0.583. The zero-order valence-corrected chi connectivity index (χ0v) is 19.5. The average molecular weight is 424 g/mol. The predicted octanol–water partition coefficient (Wildman–Crippen LogP) is 2.80. The molecule has 1 aliphatic rings. The molecule has 31 heavy (non-hydrogen) atoms. The molecule has 1 fully saturated rings. The number of nitrogens with zero attached hydrogens (tertiary/aromatic N) is 4. The van der Waals surface area contributed by atoms with Crippen molar-refractivity contribution in [3.63, 3.8) is 0 Å². The number of quaternary nitrogens is 1.